The van der Waals surface area contributed by atoms with Crippen LogP contribution in [0.1, 0.15) is 32.1 Å². The Morgan fingerprint density at radius 2 is 1.72 bits per heavy atom. The van der Waals surface area contributed by atoms with Crippen LogP contribution in [0.2, 0.25) is 0 Å². The Labute approximate surface area is 345 Å². The third-order valence-electron chi connectivity index (χ3n) is 8.27. The normalized spacial score (nSPS) is 21.0. The molecule has 332 valence electrons. The highest BCUT2D eigenvalue weighted by Gasteiger charge is 2.50. The summed E-state index contributed by atoms with van der Waals surface area (Å²) in [6.07, 6.45) is -3.94. The average Bonchev–Trinajstić information content (AvgIpc) is 3.73. The van der Waals surface area contributed by atoms with Gasteiger partial charge in [-0.05, 0) is 23.8 Å². The molecule has 2 amide bonds. The van der Waals surface area contributed by atoms with Crippen molar-refractivity contribution < 1.29 is 85.2 Å². The van der Waals surface area contributed by atoms with Gasteiger partial charge in [-0.25, -0.2) is 28.6 Å². The zero-order valence-electron chi connectivity index (χ0n) is 31.9. The number of benzene rings is 1. The summed E-state index contributed by atoms with van der Waals surface area (Å²) in [6, 6.07) is 7.08. The number of nitrogen functional groups attached to an aromatic ring is 1. The van der Waals surface area contributed by atoms with Crippen molar-refractivity contribution in [2.75, 3.05) is 44.9 Å². The number of hydrogen-bond donors (Lipinski definition) is 9. The fraction of sp³-hybridized carbons (Fsp3) is 0.484. The number of nitrogens with zero attached hydrogens (tertiary/aromatic N) is 4. The highest BCUT2D eigenvalue weighted by molar-refractivity contribution is 8.14. The van der Waals surface area contributed by atoms with E-state index in [1.54, 1.807) is 37.5 Å². The van der Waals surface area contributed by atoms with Crippen LogP contribution in [0.4, 0.5) is 5.82 Å². The van der Waals surface area contributed by atoms with Gasteiger partial charge in [0.15, 0.2) is 17.7 Å². The van der Waals surface area contributed by atoms with Crippen LogP contribution in [-0.2, 0) is 50.7 Å². The molecule has 29 heteroatoms. The third kappa shape index (κ3) is 14.5. The zero-order valence-corrected chi connectivity index (χ0v) is 35.4. The van der Waals surface area contributed by atoms with Gasteiger partial charge >= 0.3 is 23.5 Å². The van der Waals surface area contributed by atoms with Crippen molar-refractivity contribution in [3.05, 3.63) is 48.6 Å². The van der Waals surface area contributed by atoms with E-state index in [2.05, 4.69) is 34.4 Å². The van der Waals surface area contributed by atoms with Crippen LogP contribution in [-0.4, -0.2) is 130 Å². The molecule has 2 aromatic heterocycles. The monoisotopic (exact) mass is 927 g/mol. The second kappa shape index (κ2) is 20.9. The molecule has 60 heavy (non-hydrogen) atoms. The Morgan fingerprint density at radius 1 is 1.03 bits per heavy atom. The van der Waals surface area contributed by atoms with Crippen LogP contribution >= 0.6 is 35.2 Å². The maximum absolute atomic E-state index is 12.7. The van der Waals surface area contributed by atoms with E-state index in [0.717, 1.165) is 34.5 Å². The molecule has 3 aromatic rings. The molecule has 0 radical (unpaired) electrons. The minimum absolute atomic E-state index is 0.0266. The van der Waals surface area contributed by atoms with E-state index < -0.39 is 84.6 Å². The lowest BCUT2D eigenvalue weighted by Gasteiger charge is -2.30. The van der Waals surface area contributed by atoms with Gasteiger partial charge in [-0.3, -0.25) is 32.5 Å². The topological polar surface area (TPSA) is 373 Å². The highest BCUT2D eigenvalue weighted by atomic mass is 32.2. The lowest BCUT2D eigenvalue weighted by atomic mass is 9.87. The van der Waals surface area contributed by atoms with E-state index in [9.17, 15) is 57.9 Å². The first kappa shape index (κ1) is 49.0. The lowest BCUT2D eigenvalue weighted by molar-refractivity contribution is -0.137. The van der Waals surface area contributed by atoms with Crippen LogP contribution in [0.3, 0.4) is 0 Å². The maximum atomic E-state index is 12.7. The number of thioether (sulfide) groups is 1. The van der Waals surface area contributed by atoms with Gasteiger partial charge in [-0.15, -0.1) is 0 Å². The quantitative estimate of drug-likeness (QED) is 0.0374. The smallest absolute Gasteiger partial charge is 0.481 e. The second-order valence-corrected chi connectivity index (χ2v) is 18.7. The number of carbonyl (C=O) groups is 3. The fourth-order valence-electron chi connectivity index (χ4n) is 5.21. The summed E-state index contributed by atoms with van der Waals surface area (Å²) in [5.41, 5.74) is 5.04. The lowest BCUT2D eigenvalue weighted by Crippen LogP contribution is -2.46. The highest BCUT2D eigenvalue weighted by Crippen LogP contribution is 2.61. The fourth-order valence-corrected chi connectivity index (χ4v) is 8.61. The van der Waals surface area contributed by atoms with Gasteiger partial charge in [0.25, 0.3) is 0 Å². The van der Waals surface area contributed by atoms with Gasteiger partial charge in [-0.2, -0.15) is 4.31 Å². The third-order valence-corrected chi connectivity index (χ3v) is 12.2. The van der Waals surface area contributed by atoms with Gasteiger partial charge in [0.2, 0.25) is 16.9 Å². The van der Waals surface area contributed by atoms with Gasteiger partial charge in [0, 0.05) is 30.7 Å². The first-order valence-corrected chi connectivity index (χ1v) is 22.9. The Hall–Kier alpha value is -3.68. The minimum atomic E-state index is -5.58. The molecule has 0 aliphatic carbocycles. The van der Waals surface area contributed by atoms with E-state index in [1.807, 2.05) is 0 Å². The average molecular weight is 928 g/mol. The zero-order chi connectivity index (χ0) is 44.5. The molecule has 4 rings (SSSR count). The number of nitrogens with two attached hydrogens (primary N) is 1. The van der Waals surface area contributed by atoms with Crippen molar-refractivity contribution in [1.29, 1.82) is 0 Å². The summed E-state index contributed by atoms with van der Waals surface area (Å²) in [6.45, 7) is 0.392. The summed E-state index contributed by atoms with van der Waals surface area (Å²) in [5.74, 6) is -0.541. The standard InChI is InChI=1S/C31H44N7O18P3S/c1-31(2,26(42)29(43)34-11-10-21(39)33-12-13-60-22(40)9-6-18-4-7-19(51-3)8-5-18)15-53-59(49,50)56-58(47,48)52-14-20-25(55-57(44,45)46)24(41)30(54-20)38-17-37-23-27(32)35-16-36-28(23)38/h4-9,16-17,20,24-26,30,41-42H,10-15H2,1-3H3,(H,33,39)(H,34,43)(H,47,48)(H,49,50)(H2,32,35,36)(H2,44,45,46)/b9-6+/t20-,24-,25-,26+,30-/m1/s1. The maximum Gasteiger partial charge on any atom is 0.481 e. The number of fused-ring (bicyclic) bond motifs is 1. The number of aliphatic hydroxyl groups is 2. The van der Waals surface area contributed by atoms with Crippen LogP contribution in [0.5, 0.6) is 5.75 Å². The number of aromatic nitrogens is 4. The number of aliphatic hydroxyl groups excluding tert-OH is 2. The Bertz CT molecular complexity index is 2160. The molecule has 1 aliphatic heterocycles. The van der Waals surface area contributed by atoms with Gasteiger partial charge in [0.05, 0.1) is 26.7 Å². The van der Waals surface area contributed by atoms with Crippen molar-refractivity contribution in [2.45, 2.75) is 50.9 Å². The van der Waals surface area contributed by atoms with Gasteiger partial charge in [0.1, 0.15) is 42.0 Å². The van der Waals surface area contributed by atoms with Gasteiger partial charge in [-0.1, -0.05) is 43.8 Å². The summed E-state index contributed by atoms with van der Waals surface area (Å²) in [7, 11) is -14.9. The molecular formula is C31H44N7O18P3S. The molecule has 0 spiro atoms. The SMILES string of the molecule is COc1ccc(/C=C/C(=O)SCCNC(=O)CCNC(=O)[C@H](O)C(C)(C)COP(=O)(O)OP(=O)(O)OC[C@H]2O[C@@H](n3cnc4c(N)ncnc43)[C@H](O)[C@@H]2OP(=O)(O)O)cc1. The first-order valence-electron chi connectivity index (χ1n) is 17.4. The molecule has 3 heterocycles. The largest absolute Gasteiger partial charge is 0.497 e. The number of ether oxygens (including phenoxy) is 2. The van der Waals surface area contributed by atoms with Gasteiger partial charge < -0.3 is 55.6 Å². The number of carbonyl (C=O) groups excluding carboxylic acids is 3. The van der Waals surface area contributed by atoms with Crippen LogP contribution < -0.4 is 21.1 Å². The molecule has 1 saturated heterocycles. The van der Waals surface area contributed by atoms with Crippen molar-refractivity contribution in [2.24, 2.45) is 5.41 Å². The first-order chi connectivity index (χ1) is 28.0. The van der Waals surface area contributed by atoms with E-state index in [4.69, 9.17) is 24.3 Å². The number of phosphoric acid groups is 3. The number of phosphoric ester groups is 3. The van der Waals surface area contributed by atoms with Crippen molar-refractivity contribution in [3.63, 3.8) is 0 Å². The number of anilines is 1. The summed E-state index contributed by atoms with van der Waals surface area (Å²) < 4.78 is 67.3. The number of imidazole rings is 1. The van der Waals surface area contributed by atoms with Crippen molar-refractivity contribution in [3.8, 4) is 5.75 Å². The molecule has 10 N–H and O–H groups in total. The molecule has 1 aliphatic rings. The second-order valence-electron chi connectivity index (χ2n) is 13.3. The van der Waals surface area contributed by atoms with E-state index in [-0.39, 0.29) is 47.4 Å². The Morgan fingerprint density at radius 3 is 2.38 bits per heavy atom. The Balaban J connectivity index is 1.20. The molecule has 0 bridgehead atoms. The summed E-state index contributed by atoms with van der Waals surface area (Å²) in [5, 5.41) is 26.2. The van der Waals surface area contributed by atoms with E-state index in [1.165, 1.54) is 19.9 Å². The molecule has 1 fully saturated rings. The molecule has 25 nitrogen and oxygen atoms in total. The van der Waals surface area contributed by atoms with Crippen molar-refractivity contribution >= 4 is 75.2 Å². The van der Waals surface area contributed by atoms with Crippen LogP contribution in [0, 0.1) is 5.41 Å². The minimum Gasteiger partial charge on any atom is -0.497 e. The Kier molecular flexibility index (Phi) is 17.1. The molecule has 7 atom stereocenters. The number of methoxy groups -OCH3 is 1. The van der Waals surface area contributed by atoms with E-state index >= 15 is 0 Å². The molecular weight excluding hydrogens is 883 g/mol. The van der Waals surface area contributed by atoms with E-state index in [0.29, 0.717) is 5.75 Å². The number of rotatable bonds is 22. The molecule has 1 aromatic carbocycles. The van der Waals surface area contributed by atoms with Crippen LogP contribution in [0.15, 0.2) is 43.0 Å². The van der Waals surface area contributed by atoms with Crippen LogP contribution in [0.25, 0.3) is 17.2 Å². The predicted octanol–water partition coefficient (Wildman–Crippen LogP) is 0.387. The molecule has 2 unspecified atom stereocenters. The summed E-state index contributed by atoms with van der Waals surface area (Å²) in [4.78, 5) is 87.9. The number of hydrogen-bond acceptors (Lipinski definition) is 19. The number of nitrogens with one attached hydrogen (secondary N) is 2. The number of amides is 2. The summed E-state index contributed by atoms with van der Waals surface area (Å²) >= 11 is 0.986. The molecule has 0 saturated carbocycles. The van der Waals surface area contributed by atoms with Crippen molar-refractivity contribution in [1.82, 2.24) is 30.2 Å². The predicted molar refractivity (Wildman–Crippen MR) is 209 cm³/mol.